The van der Waals surface area contributed by atoms with Crippen LogP contribution < -0.4 is 10.1 Å². The van der Waals surface area contributed by atoms with Gasteiger partial charge in [0.15, 0.2) is 0 Å². The number of thioether (sulfide) groups is 1. The first-order valence-corrected chi connectivity index (χ1v) is 24.6. The van der Waals surface area contributed by atoms with Crippen molar-refractivity contribution in [1.82, 2.24) is 14.6 Å². The first-order valence-electron chi connectivity index (χ1n) is 22.7. The Hall–Kier alpha value is -1.87. The van der Waals surface area contributed by atoms with Crippen LogP contribution >= 0.6 is 23.3 Å². The van der Waals surface area contributed by atoms with Crippen molar-refractivity contribution in [3.63, 3.8) is 0 Å². The molecule has 0 aromatic carbocycles. The highest BCUT2D eigenvalue weighted by Crippen LogP contribution is 2.74. The van der Waals surface area contributed by atoms with Crippen molar-refractivity contribution in [3.8, 4) is 5.88 Å². The summed E-state index contributed by atoms with van der Waals surface area (Å²) >= 11 is 3.47. The van der Waals surface area contributed by atoms with Crippen LogP contribution in [0.25, 0.3) is 5.57 Å². The summed E-state index contributed by atoms with van der Waals surface area (Å²) in [4.78, 5) is 16.5. The smallest absolute Gasteiger partial charge is 0.313 e. The van der Waals surface area contributed by atoms with Gasteiger partial charge < -0.3 is 20.1 Å². The maximum absolute atomic E-state index is 12.8. The van der Waals surface area contributed by atoms with Gasteiger partial charge in [0.05, 0.1) is 4.88 Å². The number of carboxylic acids is 1. The number of aliphatic carboxylic acids is 1. The number of fused-ring (bicyclic) bond motifs is 7. The zero-order valence-electron chi connectivity index (χ0n) is 36.4. The molecule has 1 unspecified atom stereocenters. The normalized spacial score (nSPS) is 41.4. The van der Waals surface area contributed by atoms with Crippen LogP contribution in [0.15, 0.2) is 48.1 Å². The predicted octanol–water partition coefficient (Wildman–Crippen LogP) is 11.2. The van der Waals surface area contributed by atoms with Crippen molar-refractivity contribution in [2.75, 3.05) is 44.3 Å². The van der Waals surface area contributed by atoms with Gasteiger partial charge in [-0.25, -0.2) is 0 Å². The number of hydrogen-bond acceptors (Lipinski definition) is 7. The molecule has 7 aliphatic rings. The average molecular weight is 816 g/mol. The van der Waals surface area contributed by atoms with Crippen LogP contribution in [-0.2, 0) is 4.79 Å². The van der Waals surface area contributed by atoms with Crippen LogP contribution in [0.1, 0.15) is 124 Å². The molecule has 0 spiro atoms. The van der Waals surface area contributed by atoms with Crippen LogP contribution in [0.3, 0.4) is 0 Å². The summed E-state index contributed by atoms with van der Waals surface area (Å²) in [5.74, 6) is 6.96. The molecule has 1 aromatic rings. The lowest BCUT2D eigenvalue weighted by Crippen LogP contribution is -2.67. The van der Waals surface area contributed by atoms with Gasteiger partial charge in [-0.15, -0.1) is 0 Å². The molecule has 0 amide bonds. The van der Waals surface area contributed by atoms with Gasteiger partial charge in [0.2, 0.25) is 5.88 Å². The maximum Gasteiger partial charge on any atom is 0.313 e. The van der Waals surface area contributed by atoms with Crippen molar-refractivity contribution < 1.29 is 14.6 Å². The standard InChI is InChI=1S/C49H73N3O3S2/c1-31(2)35-14-19-49(50-22-23-52-24-26-56-27-25-52)21-20-47(9)38(43(35)49)11-10-37-42-33(5)28-39(45(6,7)36(42)15-16-46(37,47)8)34-12-17-48(18-13-34,44(53)54)30-55-41-29-40(32(3)4)57-51-41/h12,28-29,33,35-38,42-43,50H,1,3,10-11,13-27,30H2,2,4-9H3,(H,53,54)/t33-,35-,36+,37+,38+,42-,43+,46+,47+,48?,49-/m0/s1. The molecule has 1 aliphatic heterocycles. The van der Waals surface area contributed by atoms with Gasteiger partial charge in [0.1, 0.15) is 12.0 Å². The zero-order valence-corrected chi connectivity index (χ0v) is 38.0. The van der Waals surface area contributed by atoms with Gasteiger partial charge in [-0.2, -0.15) is 16.1 Å². The third kappa shape index (κ3) is 6.98. The molecule has 314 valence electrons. The predicted molar refractivity (Wildman–Crippen MR) is 239 cm³/mol. The summed E-state index contributed by atoms with van der Waals surface area (Å²) < 4.78 is 10.5. The minimum atomic E-state index is -0.938. The minimum Gasteiger partial charge on any atom is -0.481 e. The highest BCUT2D eigenvalue weighted by molar-refractivity contribution is 7.99. The molecule has 6 aliphatic carbocycles. The maximum atomic E-state index is 12.8. The zero-order chi connectivity index (χ0) is 40.5. The molecule has 0 bridgehead atoms. The Morgan fingerprint density at radius 2 is 1.72 bits per heavy atom. The molecule has 1 saturated heterocycles. The molecule has 8 rings (SSSR count). The van der Waals surface area contributed by atoms with E-state index in [1.54, 1.807) is 0 Å². The van der Waals surface area contributed by atoms with Gasteiger partial charge in [0, 0.05) is 49.3 Å². The van der Waals surface area contributed by atoms with Gasteiger partial charge in [0.25, 0.3) is 0 Å². The van der Waals surface area contributed by atoms with Crippen LogP contribution in [-0.4, -0.2) is 70.2 Å². The van der Waals surface area contributed by atoms with Crippen LogP contribution in [0, 0.1) is 63.1 Å². The second kappa shape index (κ2) is 15.5. The lowest BCUT2D eigenvalue weighted by Gasteiger charge is -2.70. The SMILES string of the molecule is C=C(C)c1cc(OCC2(C(=O)O)CC=C(C3=C[C@H](C)[C@H]4[C@@H](CC[C@]5(C)[C@@H]4CC[C@@H]4[C@H]6[C@H](C(=C)C)CC[C@]6(NCCN6CCSCC6)CC[C@]45C)C3(C)C)CC2)ns1. The number of aromatic nitrogens is 1. The van der Waals surface area contributed by atoms with Crippen LogP contribution in [0.5, 0.6) is 5.88 Å². The molecule has 2 heterocycles. The molecule has 57 heavy (non-hydrogen) atoms. The Kier molecular flexibility index (Phi) is 11.4. The fraction of sp³-hybridized carbons (Fsp3) is 0.755. The first kappa shape index (κ1) is 41.8. The molecule has 0 radical (unpaired) electrons. The Morgan fingerprint density at radius 1 is 0.982 bits per heavy atom. The lowest BCUT2D eigenvalue weighted by atomic mass is 9.35. The summed E-state index contributed by atoms with van der Waals surface area (Å²) in [7, 11) is 0. The summed E-state index contributed by atoms with van der Waals surface area (Å²) in [5.41, 5.74) is 5.30. The Bertz CT molecular complexity index is 1790. The largest absolute Gasteiger partial charge is 0.481 e. The number of carboxylic acid groups (broad SMARTS) is 1. The van der Waals surface area contributed by atoms with E-state index in [0.717, 1.165) is 35.3 Å². The van der Waals surface area contributed by atoms with E-state index < -0.39 is 11.4 Å². The second-order valence-electron chi connectivity index (χ2n) is 21.2. The van der Waals surface area contributed by atoms with Crippen molar-refractivity contribution in [1.29, 1.82) is 0 Å². The van der Waals surface area contributed by atoms with Gasteiger partial charge in [-0.1, -0.05) is 65.5 Å². The highest BCUT2D eigenvalue weighted by atomic mass is 32.2. The second-order valence-corrected chi connectivity index (χ2v) is 23.2. The number of allylic oxidation sites excluding steroid dienone is 6. The van der Waals surface area contributed by atoms with E-state index in [4.69, 9.17) is 4.74 Å². The van der Waals surface area contributed by atoms with E-state index in [-0.39, 0.29) is 17.6 Å². The number of rotatable bonds is 11. The van der Waals surface area contributed by atoms with Gasteiger partial charge >= 0.3 is 5.97 Å². The Labute approximate surface area is 353 Å². The highest BCUT2D eigenvalue weighted by Gasteiger charge is 2.69. The van der Waals surface area contributed by atoms with E-state index in [9.17, 15) is 9.90 Å². The molecule has 8 heteroatoms. The van der Waals surface area contributed by atoms with Crippen molar-refractivity contribution >= 4 is 34.8 Å². The first-order chi connectivity index (χ1) is 27.1. The summed E-state index contributed by atoms with van der Waals surface area (Å²) in [6.07, 6.45) is 17.4. The molecular weight excluding hydrogens is 743 g/mol. The van der Waals surface area contributed by atoms with Crippen LogP contribution in [0.4, 0.5) is 0 Å². The van der Waals surface area contributed by atoms with E-state index >= 15 is 0 Å². The Morgan fingerprint density at radius 3 is 2.39 bits per heavy atom. The van der Waals surface area contributed by atoms with E-state index in [2.05, 4.69) is 93.2 Å². The number of hydrogen-bond donors (Lipinski definition) is 2. The van der Waals surface area contributed by atoms with E-state index in [1.165, 1.54) is 111 Å². The molecule has 2 N–H and O–H groups in total. The number of ether oxygens (including phenoxy) is 1. The quantitative estimate of drug-likeness (QED) is 0.216. The average Bonchev–Trinajstić information content (AvgIpc) is 3.82. The summed E-state index contributed by atoms with van der Waals surface area (Å²) in [6, 6.07) is 1.88. The molecule has 1 aromatic heterocycles. The Balaban J connectivity index is 1.01. The summed E-state index contributed by atoms with van der Waals surface area (Å²) in [5, 5.41) is 14.9. The van der Waals surface area contributed by atoms with Crippen molar-refractivity contribution in [2.45, 2.75) is 125 Å². The van der Waals surface area contributed by atoms with E-state index in [0.29, 0.717) is 59.1 Å². The minimum absolute atomic E-state index is 0.0521. The fourth-order valence-electron chi connectivity index (χ4n) is 14.8. The van der Waals surface area contributed by atoms with Gasteiger partial charge in [-0.3, -0.25) is 4.79 Å². The van der Waals surface area contributed by atoms with Crippen molar-refractivity contribution in [3.05, 3.63) is 53.0 Å². The topological polar surface area (TPSA) is 74.7 Å². The molecule has 11 atom stereocenters. The number of carbonyl (C=O) groups is 1. The lowest BCUT2D eigenvalue weighted by molar-refractivity contribution is -0.201. The van der Waals surface area contributed by atoms with Crippen molar-refractivity contribution in [2.24, 2.45) is 63.1 Å². The third-order valence-electron chi connectivity index (χ3n) is 18.2. The third-order valence-corrected chi connectivity index (χ3v) is 20.1. The fourth-order valence-corrected chi connectivity index (χ4v) is 16.4. The number of nitrogens with one attached hydrogen (secondary N) is 1. The molecule has 5 fully saturated rings. The summed E-state index contributed by atoms with van der Waals surface area (Å²) in [6.45, 7) is 31.0. The van der Waals surface area contributed by atoms with Gasteiger partial charge in [-0.05, 0) is 170 Å². The molecule has 6 nitrogen and oxygen atoms in total. The monoisotopic (exact) mass is 816 g/mol. The molecular formula is C49H73N3O3S2. The molecule has 4 saturated carbocycles. The number of nitrogens with zero attached hydrogens (tertiary/aromatic N) is 2. The van der Waals surface area contributed by atoms with Crippen LogP contribution in [0.2, 0.25) is 0 Å². The van der Waals surface area contributed by atoms with E-state index in [1.807, 2.05) is 13.0 Å².